The Labute approximate surface area is 142 Å². The molecule has 4 atom stereocenters. The number of nitrogens with zero attached hydrogens (tertiary/aromatic N) is 2. The Hall–Kier alpha value is -1.59. The molecule has 0 unspecified atom stereocenters. The van der Waals surface area contributed by atoms with Crippen molar-refractivity contribution in [3.05, 3.63) is 29.8 Å². The molecular weight excluding hydrogens is 304 g/mol. The van der Waals surface area contributed by atoms with Gasteiger partial charge in [0.15, 0.2) is 0 Å². The first-order valence-corrected chi connectivity index (χ1v) is 9.13. The molecule has 2 heterocycles. The predicted molar refractivity (Wildman–Crippen MR) is 92.0 cm³/mol. The molecule has 2 N–H and O–H groups in total. The van der Waals surface area contributed by atoms with E-state index in [-0.39, 0.29) is 5.91 Å². The Morgan fingerprint density at radius 2 is 1.54 bits per heavy atom. The van der Waals surface area contributed by atoms with Crippen molar-refractivity contribution in [2.45, 2.75) is 37.9 Å². The van der Waals surface area contributed by atoms with Crippen LogP contribution in [0, 0.1) is 11.8 Å². The Morgan fingerprint density at radius 3 is 2.17 bits per heavy atom. The van der Waals surface area contributed by atoms with Crippen LogP contribution >= 0.6 is 0 Å². The van der Waals surface area contributed by atoms with Gasteiger partial charge in [-0.2, -0.15) is 0 Å². The number of aliphatic hydroxyl groups excluding tert-OH is 2. The second kappa shape index (κ2) is 6.37. The smallest absolute Gasteiger partial charge is 0.255 e. The van der Waals surface area contributed by atoms with Crippen LogP contribution in [0.15, 0.2) is 24.3 Å². The average molecular weight is 330 g/mol. The lowest BCUT2D eigenvalue weighted by atomic mass is 9.79. The van der Waals surface area contributed by atoms with Crippen LogP contribution in [0.2, 0.25) is 0 Å². The van der Waals surface area contributed by atoms with Crippen molar-refractivity contribution >= 4 is 11.6 Å². The minimum absolute atomic E-state index is 0.0934. The maximum absolute atomic E-state index is 13.1. The third-order valence-corrected chi connectivity index (χ3v) is 5.98. The van der Waals surface area contributed by atoms with E-state index in [4.69, 9.17) is 0 Å². The summed E-state index contributed by atoms with van der Waals surface area (Å²) in [6, 6.07) is 7.92. The van der Waals surface area contributed by atoms with Gasteiger partial charge in [-0.05, 0) is 49.7 Å². The Bertz CT molecular complexity index is 596. The number of rotatable bonds is 2. The first kappa shape index (κ1) is 15.9. The number of para-hydroxylation sites is 1. The number of hydrogen-bond donors (Lipinski definition) is 2. The molecule has 0 radical (unpaired) electrons. The highest BCUT2D eigenvalue weighted by Gasteiger charge is 2.42. The Balaban J connectivity index is 1.53. The van der Waals surface area contributed by atoms with Crippen molar-refractivity contribution in [2.24, 2.45) is 11.8 Å². The van der Waals surface area contributed by atoms with Crippen molar-refractivity contribution < 1.29 is 15.0 Å². The summed E-state index contributed by atoms with van der Waals surface area (Å²) >= 11 is 0. The van der Waals surface area contributed by atoms with Crippen molar-refractivity contribution in [2.75, 3.05) is 31.1 Å². The van der Waals surface area contributed by atoms with Crippen LogP contribution in [-0.2, 0) is 0 Å². The molecule has 130 valence electrons. The molecule has 1 amide bonds. The number of fused-ring (bicyclic) bond motifs is 1. The topological polar surface area (TPSA) is 64.0 Å². The standard InChI is InChI=1S/C19H26N2O3/c22-17-9-13-11-21(12-14(13)10-18(17)23)19(24)15-5-1-2-6-16(15)20-7-3-4-8-20/h1-2,5-6,13-14,17-18,22-23H,3-4,7-12H2/t13-,14+,17+,18-. The molecular formula is C19H26N2O3. The van der Waals surface area contributed by atoms with Crippen LogP contribution in [0.4, 0.5) is 5.69 Å². The van der Waals surface area contributed by atoms with Gasteiger partial charge in [0.2, 0.25) is 0 Å². The maximum atomic E-state index is 13.1. The quantitative estimate of drug-likeness (QED) is 0.862. The summed E-state index contributed by atoms with van der Waals surface area (Å²) in [5.41, 5.74) is 1.84. The fourth-order valence-electron chi connectivity index (χ4n) is 4.63. The monoisotopic (exact) mass is 330 g/mol. The summed E-state index contributed by atoms with van der Waals surface area (Å²) in [7, 11) is 0. The van der Waals surface area contributed by atoms with Crippen molar-refractivity contribution in [1.29, 1.82) is 0 Å². The highest BCUT2D eigenvalue weighted by atomic mass is 16.3. The summed E-state index contributed by atoms with van der Waals surface area (Å²) in [6.45, 7) is 3.44. The summed E-state index contributed by atoms with van der Waals surface area (Å²) in [5, 5.41) is 19.8. The summed E-state index contributed by atoms with van der Waals surface area (Å²) in [6.07, 6.45) is 2.29. The van der Waals surface area contributed by atoms with Crippen LogP contribution in [-0.4, -0.2) is 59.4 Å². The number of amides is 1. The Kier molecular flexibility index (Phi) is 4.22. The highest BCUT2D eigenvalue weighted by molar-refractivity contribution is 6.00. The lowest BCUT2D eigenvalue weighted by molar-refractivity contribution is -0.0372. The van der Waals surface area contributed by atoms with Gasteiger partial charge in [0.1, 0.15) is 0 Å². The van der Waals surface area contributed by atoms with Gasteiger partial charge in [-0.25, -0.2) is 0 Å². The van der Waals surface area contributed by atoms with Gasteiger partial charge in [0.05, 0.1) is 17.8 Å². The number of anilines is 1. The first-order valence-electron chi connectivity index (χ1n) is 9.13. The fraction of sp³-hybridized carbons (Fsp3) is 0.632. The van der Waals surface area contributed by atoms with Gasteiger partial charge in [0.25, 0.3) is 5.91 Å². The first-order chi connectivity index (χ1) is 11.6. The van der Waals surface area contributed by atoms with Gasteiger partial charge in [-0.3, -0.25) is 4.79 Å². The molecule has 5 nitrogen and oxygen atoms in total. The summed E-state index contributed by atoms with van der Waals surface area (Å²) < 4.78 is 0. The van der Waals surface area contributed by atoms with E-state index in [1.165, 1.54) is 12.8 Å². The number of hydrogen-bond acceptors (Lipinski definition) is 4. The van der Waals surface area contributed by atoms with Crippen LogP contribution in [0.3, 0.4) is 0 Å². The molecule has 2 aliphatic heterocycles. The van der Waals surface area contributed by atoms with E-state index < -0.39 is 12.2 Å². The van der Waals surface area contributed by atoms with E-state index in [9.17, 15) is 15.0 Å². The third kappa shape index (κ3) is 2.80. The number of aliphatic hydroxyl groups is 2. The molecule has 1 aromatic rings. The average Bonchev–Trinajstić information content (AvgIpc) is 3.24. The largest absolute Gasteiger partial charge is 0.390 e. The van der Waals surface area contributed by atoms with Crippen molar-refractivity contribution in [3.8, 4) is 0 Å². The molecule has 5 heteroatoms. The second-order valence-electron chi connectivity index (χ2n) is 7.55. The van der Waals surface area contributed by atoms with E-state index >= 15 is 0 Å². The van der Waals surface area contributed by atoms with Crippen LogP contribution < -0.4 is 4.90 Å². The van der Waals surface area contributed by atoms with Crippen LogP contribution in [0.25, 0.3) is 0 Å². The molecule has 1 aromatic carbocycles. The second-order valence-corrected chi connectivity index (χ2v) is 7.55. The molecule has 3 fully saturated rings. The maximum Gasteiger partial charge on any atom is 0.255 e. The van der Waals surface area contributed by atoms with Crippen LogP contribution in [0.5, 0.6) is 0 Å². The predicted octanol–water partition coefficient (Wildman–Crippen LogP) is 1.49. The third-order valence-electron chi connectivity index (χ3n) is 5.98. The van der Waals surface area contributed by atoms with E-state index in [2.05, 4.69) is 11.0 Å². The van der Waals surface area contributed by atoms with E-state index in [0.717, 1.165) is 24.3 Å². The van der Waals surface area contributed by atoms with Crippen molar-refractivity contribution in [1.82, 2.24) is 4.90 Å². The van der Waals surface area contributed by atoms with Crippen molar-refractivity contribution in [3.63, 3.8) is 0 Å². The van der Waals surface area contributed by atoms with E-state index in [0.29, 0.717) is 37.8 Å². The molecule has 0 spiro atoms. The molecule has 1 aliphatic carbocycles. The van der Waals surface area contributed by atoms with Gasteiger partial charge in [-0.15, -0.1) is 0 Å². The molecule has 3 aliphatic rings. The van der Waals surface area contributed by atoms with E-state index in [1.54, 1.807) is 0 Å². The van der Waals surface area contributed by atoms with Gasteiger partial charge >= 0.3 is 0 Å². The Morgan fingerprint density at radius 1 is 0.958 bits per heavy atom. The van der Waals surface area contributed by atoms with Gasteiger partial charge < -0.3 is 20.0 Å². The SMILES string of the molecule is O=C(c1ccccc1N1CCCC1)N1C[C@H]2C[C@H](O)[C@H](O)C[C@H]2C1. The molecule has 24 heavy (non-hydrogen) atoms. The highest BCUT2D eigenvalue weighted by Crippen LogP contribution is 2.37. The summed E-state index contributed by atoms with van der Waals surface area (Å²) in [4.78, 5) is 17.3. The normalized spacial score (nSPS) is 32.9. The zero-order valence-corrected chi connectivity index (χ0v) is 14.0. The van der Waals surface area contributed by atoms with Gasteiger partial charge in [0, 0.05) is 31.9 Å². The number of carbonyl (C=O) groups excluding carboxylic acids is 1. The van der Waals surface area contributed by atoms with Gasteiger partial charge in [-0.1, -0.05) is 12.1 Å². The molecule has 2 saturated heterocycles. The molecule has 1 saturated carbocycles. The minimum atomic E-state index is -0.641. The lowest BCUT2D eigenvalue weighted by Crippen LogP contribution is -2.38. The number of likely N-dealkylation sites (tertiary alicyclic amines) is 1. The zero-order chi connectivity index (χ0) is 16.7. The number of benzene rings is 1. The van der Waals surface area contributed by atoms with E-state index in [1.807, 2.05) is 23.1 Å². The molecule has 4 rings (SSSR count). The molecule has 0 bridgehead atoms. The lowest BCUT2D eigenvalue weighted by Gasteiger charge is -2.31. The fourth-order valence-corrected chi connectivity index (χ4v) is 4.63. The zero-order valence-electron chi connectivity index (χ0n) is 14.0. The number of carbonyl (C=O) groups is 1. The minimum Gasteiger partial charge on any atom is -0.390 e. The molecule has 0 aromatic heterocycles. The van der Waals surface area contributed by atoms with Crippen LogP contribution in [0.1, 0.15) is 36.0 Å². The summed E-state index contributed by atoms with van der Waals surface area (Å²) in [5.74, 6) is 0.716.